The number of aromatic nitrogens is 3. The van der Waals surface area contributed by atoms with Gasteiger partial charge in [0.15, 0.2) is 21.9 Å². The van der Waals surface area contributed by atoms with Crippen molar-refractivity contribution in [2.45, 2.75) is 18.9 Å². The number of hydrogen-bond donors (Lipinski definition) is 3. The van der Waals surface area contributed by atoms with Gasteiger partial charge in [-0.15, -0.1) is 0 Å². The van der Waals surface area contributed by atoms with Crippen LogP contribution in [0.1, 0.15) is 23.2 Å². The molecular weight excluding hydrogens is 374 g/mol. The standard InChI is InChI=1S/C16H16BrN5O2/c17-12-4-3-11(24-12)14-21-13-10(5-7-19-15(13)22-14)16(23)20-9-2-1-6-18-8-9/h3-5,7,9,18H,1-2,6,8H2,(H,20,23)(H,19,21,22). The van der Waals surface area contributed by atoms with Crippen molar-refractivity contribution in [2.75, 3.05) is 13.1 Å². The predicted octanol–water partition coefficient (Wildman–Crippen LogP) is 2.46. The van der Waals surface area contributed by atoms with Gasteiger partial charge in [-0.3, -0.25) is 4.79 Å². The molecule has 0 aromatic carbocycles. The lowest BCUT2D eigenvalue weighted by Gasteiger charge is -2.23. The highest BCUT2D eigenvalue weighted by Gasteiger charge is 2.20. The maximum atomic E-state index is 12.6. The number of aromatic amines is 1. The van der Waals surface area contributed by atoms with Gasteiger partial charge in [-0.25, -0.2) is 9.97 Å². The van der Waals surface area contributed by atoms with Crippen LogP contribution in [0, 0.1) is 0 Å². The van der Waals surface area contributed by atoms with Crippen molar-refractivity contribution < 1.29 is 9.21 Å². The molecule has 1 fully saturated rings. The molecule has 1 aliphatic heterocycles. The smallest absolute Gasteiger partial charge is 0.253 e. The van der Waals surface area contributed by atoms with E-state index in [9.17, 15) is 4.79 Å². The molecule has 124 valence electrons. The number of carbonyl (C=O) groups is 1. The molecule has 8 heteroatoms. The molecule has 4 rings (SSSR count). The lowest BCUT2D eigenvalue weighted by molar-refractivity contribution is 0.0932. The monoisotopic (exact) mass is 389 g/mol. The second-order valence-electron chi connectivity index (χ2n) is 5.76. The molecule has 0 bridgehead atoms. The second-order valence-corrected chi connectivity index (χ2v) is 6.54. The van der Waals surface area contributed by atoms with Crippen LogP contribution in [0.15, 0.2) is 33.5 Å². The van der Waals surface area contributed by atoms with Crippen molar-refractivity contribution in [1.82, 2.24) is 25.6 Å². The fourth-order valence-electron chi connectivity index (χ4n) is 2.89. The normalized spacial score (nSPS) is 18.0. The predicted molar refractivity (Wildman–Crippen MR) is 92.6 cm³/mol. The lowest BCUT2D eigenvalue weighted by Crippen LogP contribution is -2.45. The Hall–Kier alpha value is -2.19. The molecule has 1 aliphatic rings. The number of nitrogens with one attached hydrogen (secondary N) is 3. The molecule has 0 saturated carbocycles. The highest BCUT2D eigenvalue weighted by atomic mass is 79.9. The maximum Gasteiger partial charge on any atom is 0.253 e. The number of piperidine rings is 1. The molecule has 1 amide bonds. The Morgan fingerprint density at radius 3 is 3.04 bits per heavy atom. The molecule has 3 aromatic heterocycles. The van der Waals surface area contributed by atoms with Gasteiger partial charge in [-0.05, 0) is 53.5 Å². The van der Waals surface area contributed by atoms with Gasteiger partial charge in [0.2, 0.25) is 0 Å². The fraction of sp³-hybridized carbons (Fsp3) is 0.312. The third kappa shape index (κ3) is 2.94. The minimum atomic E-state index is -0.130. The summed E-state index contributed by atoms with van der Waals surface area (Å²) in [4.78, 5) is 24.5. The zero-order chi connectivity index (χ0) is 16.5. The molecule has 0 spiro atoms. The molecule has 7 nitrogen and oxygen atoms in total. The second kappa shape index (κ2) is 6.37. The van der Waals surface area contributed by atoms with E-state index in [1.54, 1.807) is 24.4 Å². The van der Waals surface area contributed by atoms with Gasteiger partial charge in [-0.2, -0.15) is 0 Å². The zero-order valence-electron chi connectivity index (χ0n) is 12.8. The van der Waals surface area contributed by atoms with E-state index in [0.717, 1.165) is 25.9 Å². The number of imidazole rings is 1. The number of H-pyrrole nitrogens is 1. The number of hydrogen-bond acceptors (Lipinski definition) is 5. The van der Waals surface area contributed by atoms with E-state index in [1.165, 1.54) is 0 Å². The summed E-state index contributed by atoms with van der Waals surface area (Å²) in [6, 6.07) is 5.43. The number of halogens is 1. The number of carbonyl (C=O) groups excluding carboxylic acids is 1. The van der Waals surface area contributed by atoms with E-state index in [0.29, 0.717) is 33.0 Å². The molecule has 3 N–H and O–H groups in total. The van der Waals surface area contributed by atoms with Crippen molar-refractivity contribution in [1.29, 1.82) is 0 Å². The van der Waals surface area contributed by atoms with Crippen LogP contribution in [0.5, 0.6) is 0 Å². The van der Waals surface area contributed by atoms with Crippen LogP contribution in [0.25, 0.3) is 22.7 Å². The first-order chi connectivity index (χ1) is 11.7. The van der Waals surface area contributed by atoms with E-state index >= 15 is 0 Å². The topological polar surface area (TPSA) is 95.8 Å². The first-order valence-electron chi connectivity index (χ1n) is 7.83. The summed E-state index contributed by atoms with van der Waals surface area (Å²) in [5.41, 5.74) is 1.62. The van der Waals surface area contributed by atoms with E-state index < -0.39 is 0 Å². The molecule has 4 heterocycles. The van der Waals surface area contributed by atoms with E-state index in [1.807, 2.05) is 0 Å². The SMILES string of the molecule is O=C(NC1CCCNC1)c1ccnc2[nH]c(-c3ccc(Br)o3)nc12. The van der Waals surface area contributed by atoms with Crippen molar-refractivity contribution in [3.05, 3.63) is 34.6 Å². The van der Waals surface area contributed by atoms with Crippen LogP contribution in [-0.2, 0) is 0 Å². The third-order valence-corrected chi connectivity index (χ3v) is 4.49. The highest BCUT2D eigenvalue weighted by Crippen LogP contribution is 2.25. The van der Waals surface area contributed by atoms with Crippen LogP contribution in [0.2, 0.25) is 0 Å². The molecule has 1 saturated heterocycles. The molecule has 24 heavy (non-hydrogen) atoms. The summed E-state index contributed by atoms with van der Waals surface area (Å²) >= 11 is 3.27. The zero-order valence-corrected chi connectivity index (χ0v) is 14.4. The Balaban J connectivity index is 1.65. The Morgan fingerprint density at radius 1 is 1.38 bits per heavy atom. The summed E-state index contributed by atoms with van der Waals surface area (Å²) in [5.74, 6) is 1.00. The molecule has 1 atom stereocenters. The number of furan rings is 1. The van der Waals surface area contributed by atoms with Gasteiger partial charge >= 0.3 is 0 Å². The van der Waals surface area contributed by atoms with Crippen molar-refractivity contribution in [3.63, 3.8) is 0 Å². The van der Waals surface area contributed by atoms with Crippen LogP contribution in [0.4, 0.5) is 0 Å². The number of fused-ring (bicyclic) bond motifs is 1. The number of pyridine rings is 1. The van der Waals surface area contributed by atoms with E-state index in [2.05, 4.69) is 41.5 Å². The Labute approximate surface area is 146 Å². The summed E-state index contributed by atoms with van der Waals surface area (Å²) in [6.07, 6.45) is 3.66. The Kier molecular flexibility index (Phi) is 4.07. The Bertz CT molecular complexity index is 882. The van der Waals surface area contributed by atoms with Gasteiger partial charge in [0, 0.05) is 18.8 Å². The molecule has 1 unspecified atom stereocenters. The van der Waals surface area contributed by atoms with Gasteiger partial charge < -0.3 is 20.0 Å². The lowest BCUT2D eigenvalue weighted by atomic mass is 10.1. The van der Waals surface area contributed by atoms with E-state index in [-0.39, 0.29) is 11.9 Å². The number of nitrogens with zero attached hydrogens (tertiary/aromatic N) is 2. The van der Waals surface area contributed by atoms with Gasteiger partial charge in [0.05, 0.1) is 5.56 Å². The first kappa shape index (κ1) is 15.3. The molecular formula is C16H16BrN5O2. The van der Waals surface area contributed by atoms with Gasteiger partial charge in [-0.1, -0.05) is 0 Å². The molecule has 3 aromatic rings. The average molecular weight is 390 g/mol. The summed E-state index contributed by atoms with van der Waals surface area (Å²) < 4.78 is 6.13. The number of rotatable bonds is 3. The van der Waals surface area contributed by atoms with Gasteiger partial charge in [0.1, 0.15) is 5.52 Å². The maximum absolute atomic E-state index is 12.6. The van der Waals surface area contributed by atoms with Crippen molar-refractivity contribution in [3.8, 4) is 11.6 Å². The average Bonchev–Trinajstić information content (AvgIpc) is 3.21. The highest BCUT2D eigenvalue weighted by molar-refractivity contribution is 9.10. The number of amides is 1. The molecule has 0 radical (unpaired) electrons. The fourth-order valence-corrected chi connectivity index (χ4v) is 3.20. The Morgan fingerprint density at radius 2 is 2.29 bits per heavy atom. The van der Waals surface area contributed by atoms with Crippen LogP contribution in [0.3, 0.4) is 0 Å². The minimum Gasteiger partial charge on any atom is -0.446 e. The van der Waals surface area contributed by atoms with Crippen molar-refractivity contribution in [2.24, 2.45) is 0 Å². The largest absolute Gasteiger partial charge is 0.446 e. The van der Waals surface area contributed by atoms with Crippen LogP contribution in [-0.4, -0.2) is 40.0 Å². The summed E-state index contributed by atoms with van der Waals surface area (Å²) in [5, 5.41) is 6.36. The van der Waals surface area contributed by atoms with Crippen LogP contribution < -0.4 is 10.6 Å². The third-order valence-electron chi connectivity index (χ3n) is 4.07. The summed E-state index contributed by atoms with van der Waals surface area (Å²) in [6.45, 7) is 1.81. The summed E-state index contributed by atoms with van der Waals surface area (Å²) in [7, 11) is 0. The molecule has 0 aliphatic carbocycles. The first-order valence-corrected chi connectivity index (χ1v) is 8.62. The van der Waals surface area contributed by atoms with Crippen LogP contribution >= 0.6 is 15.9 Å². The minimum absolute atomic E-state index is 0.130. The van der Waals surface area contributed by atoms with Crippen molar-refractivity contribution >= 4 is 33.0 Å². The van der Waals surface area contributed by atoms with E-state index in [4.69, 9.17) is 4.42 Å². The quantitative estimate of drug-likeness (QED) is 0.639. The van der Waals surface area contributed by atoms with Gasteiger partial charge in [0.25, 0.3) is 5.91 Å².